The van der Waals surface area contributed by atoms with Gasteiger partial charge in [-0.25, -0.2) is 8.78 Å². The van der Waals surface area contributed by atoms with Crippen LogP contribution in [0.4, 0.5) is 8.78 Å². The van der Waals surface area contributed by atoms with E-state index in [9.17, 15) is 18.4 Å². The number of nitrogens with one attached hydrogen (secondary N) is 1. The van der Waals surface area contributed by atoms with Crippen LogP contribution in [-0.2, 0) is 9.59 Å². The molecule has 0 unspecified atom stereocenters. The van der Waals surface area contributed by atoms with E-state index in [4.69, 9.17) is 5.11 Å². The van der Waals surface area contributed by atoms with Gasteiger partial charge in [-0.05, 0) is 12.8 Å². The number of carbonyl (C=O) groups excluding carboxylic acids is 1. The van der Waals surface area contributed by atoms with Crippen LogP contribution < -0.4 is 5.32 Å². The van der Waals surface area contributed by atoms with Gasteiger partial charge in [0, 0.05) is 13.0 Å². The van der Waals surface area contributed by atoms with E-state index in [1.807, 2.05) is 0 Å². The van der Waals surface area contributed by atoms with E-state index in [1.54, 1.807) is 0 Å². The van der Waals surface area contributed by atoms with Crippen LogP contribution in [0.1, 0.15) is 19.8 Å². The minimum atomic E-state index is -2.88. The molecule has 0 spiro atoms. The Labute approximate surface area is 79.3 Å². The average Bonchev–Trinajstić information content (AvgIpc) is 1.93. The zero-order chi connectivity index (χ0) is 10.9. The zero-order valence-corrected chi connectivity index (χ0v) is 7.59. The summed E-state index contributed by atoms with van der Waals surface area (Å²) in [6, 6.07) is -0.433. The molecule has 0 atom stereocenters. The zero-order valence-electron chi connectivity index (χ0n) is 7.59. The molecule has 1 rings (SSSR count). The van der Waals surface area contributed by atoms with Crippen LogP contribution in [0.5, 0.6) is 0 Å². The third kappa shape index (κ3) is 1.69. The number of carboxylic acid groups (broad SMARTS) is 1. The van der Waals surface area contributed by atoms with Crippen molar-refractivity contribution in [1.82, 2.24) is 5.32 Å². The summed E-state index contributed by atoms with van der Waals surface area (Å²) in [6.45, 7) is 1.27. The van der Waals surface area contributed by atoms with Gasteiger partial charge in [0.2, 0.25) is 5.91 Å². The van der Waals surface area contributed by atoms with Gasteiger partial charge >= 0.3 is 5.97 Å². The molecule has 0 aliphatic heterocycles. The predicted molar refractivity (Wildman–Crippen MR) is 42.9 cm³/mol. The third-order valence-corrected chi connectivity index (χ3v) is 2.47. The van der Waals surface area contributed by atoms with Gasteiger partial charge in [0.25, 0.3) is 6.43 Å². The van der Waals surface area contributed by atoms with Crippen LogP contribution in [0, 0.1) is 5.41 Å². The molecule has 0 heterocycles. The molecule has 1 aliphatic carbocycles. The van der Waals surface area contributed by atoms with Crippen molar-refractivity contribution in [3.8, 4) is 0 Å². The van der Waals surface area contributed by atoms with Gasteiger partial charge < -0.3 is 10.4 Å². The number of hydrogen-bond donors (Lipinski definition) is 2. The maximum Gasteiger partial charge on any atom is 0.315 e. The number of carboxylic acids is 1. The van der Waals surface area contributed by atoms with Crippen LogP contribution in [0.15, 0.2) is 0 Å². The molecule has 1 amide bonds. The normalized spacial score (nSPS) is 31.0. The van der Waals surface area contributed by atoms with E-state index in [-0.39, 0.29) is 18.7 Å². The van der Waals surface area contributed by atoms with Gasteiger partial charge in [0.05, 0.1) is 0 Å². The Balaban J connectivity index is 2.56. The van der Waals surface area contributed by atoms with E-state index in [2.05, 4.69) is 5.32 Å². The first-order chi connectivity index (χ1) is 6.38. The van der Waals surface area contributed by atoms with Gasteiger partial charge in [-0.3, -0.25) is 9.59 Å². The molecule has 1 saturated carbocycles. The second kappa shape index (κ2) is 3.51. The van der Waals surface area contributed by atoms with Crippen molar-refractivity contribution in [3.05, 3.63) is 0 Å². The lowest BCUT2D eigenvalue weighted by Crippen LogP contribution is -2.57. The summed E-state index contributed by atoms with van der Waals surface area (Å²) in [7, 11) is 0. The minimum Gasteiger partial charge on any atom is -0.481 e. The number of hydrogen-bond acceptors (Lipinski definition) is 2. The maximum absolute atomic E-state index is 12.4. The summed E-state index contributed by atoms with van der Waals surface area (Å²) in [6.07, 6.45) is -3.27. The van der Waals surface area contributed by atoms with Crippen molar-refractivity contribution in [2.75, 3.05) is 0 Å². The largest absolute Gasteiger partial charge is 0.481 e. The van der Waals surface area contributed by atoms with Crippen molar-refractivity contribution in [3.63, 3.8) is 0 Å². The van der Waals surface area contributed by atoms with Gasteiger partial charge in [0.15, 0.2) is 0 Å². The van der Waals surface area contributed by atoms with Crippen molar-refractivity contribution >= 4 is 11.9 Å². The molecule has 0 aromatic heterocycles. The van der Waals surface area contributed by atoms with E-state index in [0.717, 1.165) is 0 Å². The SMILES string of the molecule is CC(=O)NC1CC(C(=O)O)(C(F)F)C1. The fourth-order valence-electron chi connectivity index (χ4n) is 1.66. The Morgan fingerprint density at radius 3 is 2.29 bits per heavy atom. The van der Waals surface area contributed by atoms with Gasteiger partial charge in [-0.2, -0.15) is 0 Å². The lowest BCUT2D eigenvalue weighted by molar-refractivity contribution is -0.173. The van der Waals surface area contributed by atoms with Crippen molar-refractivity contribution in [1.29, 1.82) is 0 Å². The number of alkyl halides is 2. The quantitative estimate of drug-likeness (QED) is 0.713. The number of halogens is 2. The lowest BCUT2D eigenvalue weighted by Gasteiger charge is -2.43. The number of carbonyl (C=O) groups is 2. The summed E-state index contributed by atoms with van der Waals surface area (Å²) < 4.78 is 24.8. The van der Waals surface area contributed by atoms with E-state index in [1.165, 1.54) is 6.92 Å². The number of amides is 1. The van der Waals surface area contributed by atoms with Gasteiger partial charge in [-0.1, -0.05) is 0 Å². The molecular weight excluding hydrogens is 196 g/mol. The summed E-state index contributed by atoms with van der Waals surface area (Å²) in [5, 5.41) is 11.0. The summed E-state index contributed by atoms with van der Waals surface area (Å²) in [5.74, 6) is -1.82. The second-order valence-electron chi connectivity index (χ2n) is 3.57. The average molecular weight is 207 g/mol. The first kappa shape index (κ1) is 10.9. The predicted octanol–water partition coefficient (Wildman–Crippen LogP) is 0.621. The summed E-state index contributed by atoms with van der Waals surface area (Å²) in [5.41, 5.74) is -1.95. The maximum atomic E-state index is 12.4. The van der Waals surface area contributed by atoms with E-state index < -0.39 is 23.9 Å². The standard InChI is InChI=1S/C8H11F2NO3/c1-4(12)11-5-2-8(3-5,6(9)10)7(13)14/h5-6H,2-3H2,1H3,(H,11,12)(H,13,14). The molecule has 2 N–H and O–H groups in total. The molecule has 0 aromatic carbocycles. The molecular formula is C8H11F2NO3. The van der Waals surface area contributed by atoms with Gasteiger partial charge in [-0.15, -0.1) is 0 Å². The van der Waals surface area contributed by atoms with Crippen LogP contribution in [0.2, 0.25) is 0 Å². The molecule has 1 aliphatic rings. The Kier molecular flexibility index (Phi) is 2.73. The fraction of sp³-hybridized carbons (Fsp3) is 0.750. The fourth-order valence-corrected chi connectivity index (χ4v) is 1.66. The third-order valence-electron chi connectivity index (χ3n) is 2.47. The highest BCUT2D eigenvalue weighted by Gasteiger charge is 2.57. The number of rotatable bonds is 3. The molecule has 0 bridgehead atoms. The molecule has 80 valence electrons. The Hall–Kier alpha value is -1.20. The first-order valence-corrected chi connectivity index (χ1v) is 4.17. The number of aliphatic carboxylic acids is 1. The summed E-state index contributed by atoms with van der Waals surface area (Å²) >= 11 is 0. The van der Waals surface area contributed by atoms with Crippen molar-refractivity contribution in [2.45, 2.75) is 32.2 Å². The smallest absolute Gasteiger partial charge is 0.315 e. The van der Waals surface area contributed by atoms with Crippen LogP contribution in [-0.4, -0.2) is 29.5 Å². The highest BCUT2D eigenvalue weighted by Crippen LogP contribution is 2.46. The molecule has 1 fully saturated rings. The molecule has 0 saturated heterocycles. The molecule has 14 heavy (non-hydrogen) atoms. The van der Waals surface area contributed by atoms with Crippen LogP contribution in [0.3, 0.4) is 0 Å². The second-order valence-corrected chi connectivity index (χ2v) is 3.57. The topological polar surface area (TPSA) is 66.4 Å². The van der Waals surface area contributed by atoms with Crippen molar-refractivity contribution in [2.24, 2.45) is 5.41 Å². The highest BCUT2D eigenvalue weighted by atomic mass is 19.3. The summed E-state index contributed by atoms with van der Waals surface area (Å²) in [4.78, 5) is 21.1. The minimum absolute atomic E-state index is 0.195. The molecule has 0 aromatic rings. The Bertz CT molecular complexity index is 261. The monoisotopic (exact) mass is 207 g/mol. The van der Waals surface area contributed by atoms with E-state index >= 15 is 0 Å². The Morgan fingerprint density at radius 2 is 2.00 bits per heavy atom. The molecule has 0 radical (unpaired) electrons. The highest BCUT2D eigenvalue weighted by molar-refractivity contribution is 5.78. The first-order valence-electron chi connectivity index (χ1n) is 4.17. The molecule has 6 heteroatoms. The van der Waals surface area contributed by atoms with Gasteiger partial charge in [0.1, 0.15) is 5.41 Å². The van der Waals surface area contributed by atoms with E-state index in [0.29, 0.717) is 0 Å². The van der Waals surface area contributed by atoms with Crippen LogP contribution in [0.25, 0.3) is 0 Å². The van der Waals surface area contributed by atoms with Crippen LogP contribution >= 0.6 is 0 Å². The molecule has 4 nitrogen and oxygen atoms in total. The van der Waals surface area contributed by atoms with Crippen molar-refractivity contribution < 1.29 is 23.5 Å². The Morgan fingerprint density at radius 1 is 1.50 bits per heavy atom. The lowest BCUT2D eigenvalue weighted by atomic mass is 9.65.